The van der Waals surface area contributed by atoms with Crippen molar-refractivity contribution >= 4 is 0 Å². The molecule has 1 aliphatic rings. The van der Waals surface area contributed by atoms with Crippen molar-refractivity contribution in [3.8, 4) is 5.75 Å². The van der Waals surface area contributed by atoms with Crippen LogP contribution in [0.2, 0.25) is 0 Å². The van der Waals surface area contributed by atoms with Crippen molar-refractivity contribution in [2.75, 3.05) is 6.54 Å². The lowest BCUT2D eigenvalue weighted by Crippen LogP contribution is -2.35. The van der Waals surface area contributed by atoms with E-state index in [1.807, 2.05) is 0 Å². The Morgan fingerprint density at radius 1 is 1.33 bits per heavy atom. The second kappa shape index (κ2) is 6.51. The van der Waals surface area contributed by atoms with Gasteiger partial charge in [-0.2, -0.15) is 13.2 Å². The van der Waals surface area contributed by atoms with Crippen LogP contribution in [0.3, 0.4) is 0 Å². The molecule has 0 spiro atoms. The summed E-state index contributed by atoms with van der Waals surface area (Å²) in [4.78, 5) is 13.1. The van der Waals surface area contributed by atoms with Crippen molar-refractivity contribution in [2.24, 2.45) is 0 Å². The van der Waals surface area contributed by atoms with Crippen LogP contribution in [-0.4, -0.2) is 28.8 Å². The average molecular weight is 305 g/mol. The molecule has 0 radical (unpaired) electrons. The molecule has 0 aliphatic heterocycles. The first kappa shape index (κ1) is 15.9. The van der Waals surface area contributed by atoms with E-state index < -0.39 is 23.8 Å². The van der Waals surface area contributed by atoms with Gasteiger partial charge in [-0.15, -0.1) is 0 Å². The van der Waals surface area contributed by atoms with E-state index in [9.17, 15) is 18.0 Å². The lowest BCUT2D eigenvalue weighted by molar-refractivity contribution is -0.139. The predicted octanol–water partition coefficient (Wildman–Crippen LogP) is 3.04. The molecule has 7 heteroatoms. The number of hydrogen-bond donors (Lipinski definition) is 1. The Balaban J connectivity index is 2.07. The van der Waals surface area contributed by atoms with Gasteiger partial charge in [-0.1, -0.05) is 12.8 Å². The minimum Gasteiger partial charge on any atom is -0.502 e. The van der Waals surface area contributed by atoms with Crippen molar-refractivity contribution in [3.05, 3.63) is 28.3 Å². The average Bonchev–Trinajstić information content (AvgIpc) is 2.91. The van der Waals surface area contributed by atoms with E-state index in [0.29, 0.717) is 0 Å². The zero-order chi connectivity index (χ0) is 15.5. The lowest BCUT2D eigenvalue weighted by atomic mass is 10.2. The highest BCUT2D eigenvalue weighted by Crippen LogP contribution is 2.27. The number of hydrogen-bond acceptors (Lipinski definition) is 4. The van der Waals surface area contributed by atoms with Gasteiger partial charge < -0.3 is 9.52 Å². The van der Waals surface area contributed by atoms with Gasteiger partial charge in [-0.25, -0.2) is 0 Å². The Kier molecular flexibility index (Phi) is 4.92. The van der Waals surface area contributed by atoms with Crippen molar-refractivity contribution in [1.29, 1.82) is 0 Å². The molecule has 0 atom stereocenters. The summed E-state index contributed by atoms with van der Waals surface area (Å²) in [6, 6.07) is 1.22. The van der Waals surface area contributed by atoms with Gasteiger partial charge in [0, 0.05) is 18.7 Å². The number of halogens is 3. The molecule has 1 saturated carbocycles. The molecule has 0 bridgehead atoms. The zero-order valence-electron chi connectivity index (χ0n) is 11.5. The first-order valence-electron chi connectivity index (χ1n) is 6.96. The molecule has 118 valence electrons. The first-order chi connectivity index (χ1) is 9.85. The summed E-state index contributed by atoms with van der Waals surface area (Å²) in [7, 11) is 0. The van der Waals surface area contributed by atoms with Crippen molar-refractivity contribution in [2.45, 2.75) is 50.9 Å². The Labute approximate surface area is 120 Å². The minimum atomic E-state index is -4.20. The summed E-state index contributed by atoms with van der Waals surface area (Å²) in [5, 5.41) is 9.13. The van der Waals surface area contributed by atoms with Crippen LogP contribution >= 0.6 is 0 Å². The molecule has 21 heavy (non-hydrogen) atoms. The Bertz CT molecular complexity index is 521. The van der Waals surface area contributed by atoms with E-state index in [1.165, 1.54) is 0 Å². The molecular formula is C14H18F3NO3. The van der Waals surface area contributed by atoms with E-state index >= 15 is 0 Å². The zero-order valence-corrected chi connectivity index (χ0v) is 11.5. The molecule has 2 rings (SSSR count). The topological polar surface area (TPSA) is 53.7 Å². The number of aromatic hydroxyl groups is 1. The van der Waals surface area contributed by atoms with E-state index in [4.69, 9.17) is 9.52 Å². The van der Waals surface area contributed by atoms with Gasteiger partial charge in [0.1, 0.15) is 12.0 Å². The Morgan fingerprint density at radius 2 is 2.00 bits per heavy atom. The van der Waals surface area contributed by atoms with Gasteiger partial charge in [-0.05, 0) is 12.8 Å². The molecule has 0 aromatic carbocycles. The van der Waals surface area contributed by atoms with Crippen molar-refractivity contribution in [3.63, 3.8) is 0 Å². The second-order valence-electron chi connectivity index (χ2n) is 5.37. The second-order valence-corrected chi connectivity index (χ2v) is 5.37. The van der Waals surface area contributed by atoms with E-state index in [1.54, 1.807) is 4.90 Å². The standard InChI is InChI=1S/C14H18F3NO3/c15-14(16,17)5-6-18(10-3-1-2-4-10)8-11-7-12(19)13(20)9-21-11/h7,9-10,20H,1-6,8H2. The normalized spacial score (nSPS) is 16.8. The molecule has 0 unspecified atom stereocenters. The van der Waals surface area contributed by atoms with Gasteiger partial charge in [0.25, 0.3) is 0 Å². The lowest BCUT2D eigenvalue weighted by Gasteiger charge is -2.28. The molecule has 1 aromatic rings. The van der Waals surface area contributed by atoms with Crippen molar-refractivity contribution in [1.82, 2.24) is 4.90 Å². The van der Waals surface area contributed by atoms with Gasteiger partial charge in [0.2, 0.25) is 5.43 Å². The predicted molar refractivity (Wildman–Crippen MR) is 70.0 cm³/mol. The summed E-state index contributed by atoms with van der Waals surface area (Å²) in [6.07, 6.45) is -0.424. The largest absolute Gasteiger partial charge is 0.502 e. The SMILES string of the molecule is O=c1cc(CN(CCC(F)(F)F)C2CCCC2)occ1O. The maximum absolute atomic E-state index is 12.4. The Morgan fingerprint density at radius 3 is 2.57 bits per heavy atom. The molecule has 1 fully saturated rings. The highest BCUT2D eigenvalue weighted by Gasteiger charge is 2.31. The molecule has 1 aromatic heterocycles. The maximum atomic E-state index is 12.4. The smallest absolute Gasteiger partial charge is 0.390 e. The summed E-state index contributed by atoms with van der Waals surface area (Å²) >= 11 is 0. The molecule has 0 amide bonds. The number of alkyl halides is 3. The van der Waals surface area contributed by atoms with Gasteiger partial charge in [0.05, 0.1) is 13.0 Å². The molecular weight excluding hydrogens is 287 g/mol. The maximum Gasteiger partial charge on any atom is 0.390 e. The number of rotatable bonds is 5. The van der Waals surface area contributed by atoms with Crippen molar-refractivity contribution < 1.29 is 22.7 Å². The van der Waals surface area contributed by atoms with Crippen LogP contribution in [0.5, 0.6) is 5.75 Å². The molecule has 4 nitrogen and oxygen atoms in total. The van der Waals surface area contributed by atoms with Crippen LogP contribution < -0.4 is 5.43 Å². The fourth-order valence-corrected chi connectivity index (χ4v) is 2.66. The quantitative estimate of drug-likeness (QED) is 0.908. The molecule has 0 saturated heterocycles. The van der Waals surface area contributed by atoms with Crippen LogP contribution in [0.4, 0.5) is 13.2 Å². The summed E-state index contributed by atoms with van der Waals surface area (Å²) < 4.78 is 42.4. The van der Waals surface area contributed by atoms with E-state index in [2.05, 4.69) is 0 Å². The van der Waals surface area contributed by atoms with Crippen LogP contribution in [0, 0.1) is 0 Å². The fourth-order valence-electron chi connectivity index (χ4n) is 2.66. The highest BCUT2D eigenvalue weighted by atomic mass is 19.4. The summed E-state index contributed by atoms with van der Waals surface area (Å²) in [5.41, 5.74) is -0.585. The van der Waals surface area contributed by atoms with Gasteiger partial charge in [-0.3, -0.25) is 9.69 Å². The third-order valence-corrected chi connectivity index (χ3v) is 3.75. The Hall–Kier alpha value is -1.50. The summed E-state index contributed by atoms with van der Waals surface area (Å²) in [5.74, 6) is -0.228. The van der Waals surface area contributed by atoms with E-state index in [-0.39, 0.29) is 24.9 Å². The van der Waals surface area contributed by atoms with Gasteiger partial charge in [0.15, 0.2) is 5.75 Å². The van der Waals surface area contributed by atoms with Crippen LogP contribution in [0.25, 0.3) is 0 Å². The van der Waals surface area contributed by atoms with Gasteiger partial charge >= 0.3 is 6.18 Å². The monoisotopic (exact) mass is 305 g/mol. The van der Waals surface area contributed by atoms with Crippen LogP contribution in [0.15, 0.2) is 21.5 Å². The highest BCUT2D eigenvalue weighted by molar-refractivity contribution is 5.15. The fraction of sp³-hybridized carbons (Fsp3) is 0.643. The first-order valence-corrected chi connectivity index (χ1v) is 6.96. The summed E-state index contributed by atoms with van der Waals surface area (Å²) in [6.45, 7) is 0.0367. The number of nitrogens with zero attached hydrogens (tertiary/aromatic N) is 1. The minimum absolute atomic E-state index is 0.0893. The van der Waals surface area contributed by atoms with E-state index in [0.717, 1.165) is 38.0 Å². The molecule has 1 heterocycles. The third kappa shape index (κ3) is 4.77. The molecule has 1 aliphatic carbocycles. The van der Waals surface area contributed by atoms with Crippen LogP contribution in [0.1, 0.15) is 37.9 Å². The third-order valence-electron chi connectivity index (χ3n) is 3.75. The van der Waals surface area contributed by atoms with Crippen LogP contribution in [-0.2, 0) is 6.54 Å². The molecule has 1 N–H and O–H groups in total.